The van der Waals surface area contributed by atoms with Crippen LogP contribution in [0, 0.1) is 5.92 Å². The number of ether oxygens (including phenoxy) is 1. The van der Waals surface area contributed by atoms with Crippen molar-refractivity contribution in [3.63, 3.8) is 0 Å². The Morgan fingerprint density at radius 3 is 2.69 bits per heavy atom. The Kier molecular flexibility index (Phi) is 5.74. The first-order valence-corrected chi connectivity index (χ1v) is 11.1. The van der Waals surface area contributed by atoms with E-state index in [2.05, 4.69) is 15.0 Å². The minimum absolute atomic E-state index is 0.0535. The molecule has 3 fully saturated rings. The number of carbonyl (C=O) groups is 2. The molecule has 4 aliphatic rings. The average Bonchev–Trinajstić information content (AvgIpc) is 3.21. The quantitative estimate of drug-likeness (QED) is 0.691. The van der Waals surface area contributed by atoms with Crippen LogP contribution in [0.2, 0.25) is 0 Å². The van der Waals surface area contributed by atoms with Gasteiger partial charge in [-0.3, -0.25) is 14.6 Å². The predicted octanol–water partition coefficient (Wildman–Crippen LogP) is 2.86. The number of nitrogens with one attached hydrogen (secondary N) is 1. The molecule has 6 unspecified atom stereocenters. The normalized spacial score (nSPS) is 36.0. The molecule has 2 heterocycles. The van der Waals surface area contributed by atoms with Crippen LogP contribution in [0.5, 0.6) is 0 Å². The zero-order valence-electron chi connectivity index (χ0n) is 16.3. The zero-order valence-corrected chi connectivity index (χ0v) is 17.1. The van der Waals surface area contributed by atoms with Gasteiger partial charge in [-0.25, -0.2) is 0 Å². The number of esters is 1. The van der Waals surface area contributed by atoms with E-state index in [0.717, 1.165) is 30.9 Å². The SMILES string of the molecule is COC(=O)CCC(=O)NC1CC(C(F)(F)F)CC2C1SC1=NC3CCCCC3N12. The molecule has 162 valence electrons. The van der Waals surface area contributed by atoms with Gasteiger partial charge in [0, 0.05) is 18.5 Å². The number of hydrogen-bond acceptors (Lipinski definition) is 6. The molecule has 0 spiro atoms. The Balaban J connectivity index is 1.51. The van der Waals surface area contributed by atoms with E-state index in [1.165, 1.54) is 18.9 Å². The molecule has 1 N–H and O–H groups in total. The minimum atomic E-state index is -4.30. The van der Waals surface area contributed by atoms with Crippen LogP contribution < -0.4 is 5.32 Å². The van der Waals surface area contributed by atoms with Gasteiger partial charge in [-0.15, -0.1) is 0 Å². The monoisotopic (exact) mass is 433 g/mol. The largest absolute Gasteiger partial charge is 0.469 e. The number of fused-ring (bicyclic) bond motifs is 5. The van der Waals surface area contributed by atoms with E-state index in [1.807, 2.05) is 0 Å². The lowest BCUT2D eigenvalue weighted by atomic mass is 9.79. The molecule has 10 heteroatoms. The molecule has 0 bridgehead atoms. The van der Waals surface area contributed by atoms with Crippen molar-refractivity contribution >= 4 is 28.8 Å². The second kappa shape index (κ2) is 8.00. The summed E-state index contributed by atoms with van der Waals surface area (Å²) in [5.41, 5.74) is 0. The first-order chi connectivity index (χ1) is 13.8. The van der Waals surface area contributed by atoms with Gasteiger partial charge in [-0.1, -0.05) is 24.6 Å². The molecule has 0 radical (unpaired) electrons. The maximum absolute atomic E-state index is 13.7. The molecule has 2 saturated carbocycles. The van der Waals surface area contributed by atoms with Crippen LogP contribution in [0.3, 0.4) is 0 Å². The molecule has 0 aromatic heterocycles. The summed E-state index contributed by atoms with van der Waals surface area (Å²) >= 11 is 1.53. The van der Waals surface area contributed by atoms with E-state index in [-0.39, 0.29) is 49.1 Å². The van der Waals surface area contributed by atoms with Crippen molar-refractivity contribution in [1.29, 1.82) is 0 Å². The maximum Gasteiger partial charge on any atom is 0.391 e. The fourth-order valence-corrected chi connectivity index (χ4v) is 6.76. The molecule has 0 aromatic rings. The van der Waals surface area contributed by atoms with E-state index in [4.69, 9.17) is 4.99 Å². The molecule has 1 saturated heterocycles. The van der Waals surface area contributed by atoms with Crippen LogP contribution in [-0.2, 0) is 14.3 Å². The number of halogens is 3. The summed E-state index contributed by atoms with van der Waals surface area (Å²) in [5.74, 6) is -2.37. The van der Waals surface area contributed by atoms with Crippen molar-refractivity contribution in [2.24, 2.45) is 10.9 Å². The molecule has 6 atom stereocenters. The lowest BCUT2D eigenvalue weighted by Crippen LogP contribution is -2.57. The topological polar surface area (TPSA) is 71.0 Å². The highest BCUT2D eigenvalue weighted by atomic mass is 32.2. The second-order valence-electron chi connectivity index (χ2n) is 8.35. The number of rotatable bonds is 4. The van der Waals surface area contributed by atoms with Crippen molar-refractivity contribution in [1.82, 2.24) is 10.2 Å². The molecule has 2 aliphatic carbocycles. The van der Waals surface area contributed by atoms with Gasteiger partial charge in [0.15, 0.2) is 5.17 Å². The first-order valence-electron chi connectivity index (χ1n) is 10.2. The summed E-state index contributed by atoms with van der Waals surface area (Å²) in [6, 6.07) is -0.459. The number of aliphatic imine (C=N–C) groups is 1. The lowest BCUT2D eigenvalue weighted by molar-refractivity contribution is -0.187. The van der Waals surface area contributed by atoms with E-state index in [9.17, 15) is 22.8 Å². The number of carbonyl (C=O) groups excluding carboxylic acids is 2. The van der Waals surface area contributed by atoms with Crippen molar-refractivity contribution in [2.75, 3.05) is 7.11 Å². The molecule has 1 amide bonds. The van der Waals surface area contributed by atoms with Crippen molar-refractivity contribution in [3.8, 4) is 0 Å². The molecule has 4 rings (SSSR count). The Labute approximate surface area is 172 Å². The Morgan fingerprint density at radius 1 is 1.21 bits per heavy atom. The first kappa shape index (κ1) is 20.8. The highest BCUT2D eigenvalue weighted by Crippen LogP contribution is 2.51. The van der Waals surface area contributed by atoms with Crippen LogP contribution >= 0.6 is 11.8 Å². The van der Waals surface area contributed by atoms with Crippen LogP contribution in [0.4, 0.5) is 13.2 Å². The Bertz CT molecular complexity index is 702. The second-order valence-corrected chi connectivity index (χ2v) is 9.49. The smallest absolute Gasteiger partial charge is 0.391 e. The Morgan fingerprint density at radius 2 is 1.97 bits per heavy atom. The number of amidine groups is 1. The summed E-state index contributed by atoms with van der Waals surface area (Å²) in [4.78, 5) is 30.5. The van der Waals surface area contributed by atoms with Gasteiger partial charge >= 0.3 is 12.1 Å². The third-order valence-corrected chi connectivity index (χ3v) is 8.02. The van der Waals surface area contributed by atoms with Gasteiger partial charge in [0.1, 0.15) is 0 Å². The summed E-state index contributed by atoms with van der Waals surface area (Å²) in [7, 11) is 1.24. The summed E-state index contributed by atoms with van der Waals surface area (Å²) in [5, 5.41) is 3.50. The number of alkyl halides is 3. The van der Waals surface area contributed by atoms with E-state index in [0.29, 0.717) is 0 Å². The van der Waals surface area contributed by atoms with Gasteiger partial charge in [0.25, 0.3) is 0 Å². The average molecular weight is 433 g/mol. The number of amides is 1. The van der Waals surface area contributed by atoms with Crippen molar-refractivity contribution in [2.45, 2.75) is 87.0 Å². The van der Waals surface area contributed by atoms with Crippen LogP contribution in [-0.4, -0.2) is 64.6 Å². The highest BCUT2D eigenvalue weighted by molar-refractivity contribution is 8.14. The number of hydrogen-bond donors (Lipinski definition) is 1. The maximum atomic E-state index is 13.7. The molecule has 0 aromatic carbocycles. The number of nitrogens with zero attached hydrogens (tertiary/aromatic N) is 2. The van der Waals surface area contributed by atoms with Crippen LogP contribution in [0.15, 0.2) is 4.99 Å². The lowest BCUT2D eigenvalue weighted by Gasteiger charge is -2.43. The standard InChI is InChI=1S/C19H26F3N3O3S/c1-28-16(27)7-6-15(26)23-12-8-10(19(20,21)22)9-14-17(12)29-18-24-11-4-2-3-5-13(11)25(14)18/h10-14,17H,2-9H2,1H3,(H,23,26). The molecule has 29 heavy (non-hydrogen) atoms. The molecule has 6 nitrogen and oxygen atoms in total. The minimum Gasteiger partial charge on any atom is -0.469 e. The van der Waals surface area contributed by atoms with Crippen molar-refractivity contribution in [3.05, 3.63) is 0 Å². The van der Waals surface area contributed by atoms with E-state index < -0.39 is 30.0 Å². The van der Waals surface area contributed by atoms with Gasteiger partial charge in [-0.2, -0.15) is 13.2 Å². The third-order valence-electron chi connectivity index (χ3n) is 6.58. The van der Waals surface area contributed by atoms with E-state index >= 15 is 0 Å². The Hall–Kier alpha value is -1.45. The van der Waals surface area contributed by atoms with Gasteiger partial charge in [0.2, 0.25) is 5.91 Å². The number of thioether (sulfide) groups is 1. The van der Waals surface area contributed by atoms with Gasteiger partial charge in [0.05, 0.1) is 36.8 Å². The summed E-state index contributed by atoms with van der Waals surface area (Å²) < 4.78 is 45.5. The van der Waals surface area contributed by atoms with Crippen LogP contribution in [0.1, 0.15) is 51.4 Å². The van der Waals surface area contributed by atoms with E-state index in [1.54, 1.807) is 0 Å². The summed E-state index contributed by atoms with van der Waals surface area (Å²) in [6.45, 7) is 0. The highest BCUT2D eigenvalue weighted by Gasteiger charge is 2.57. The fourth-order valence-electron chi connectivity index (χ4n) is 5.19. The summed E-state index contributed by atoms with van der Waals surface area (Å²) in [6.07, 6.45) is -0.370. The van der Waals surface area contributed by atoms with Gasteiger partial charge in [-0.05, 0) is 25.7 Å². The molecule has 2 aliphatic heterocycles. The molecular weight excluding hydrogens is 407 g/mol. The van der Waals surface area contributed by atoms with Gasteiger partial charge < -0.3 is 15.0 Å². The number of methoxy groups -OCH3 is 1. The fraction of sp³-hybridized carbons (Fsp3) is 0.842. The molecular formula is C19H26F3N3O3S. The van der Waals surface area contributed by atoms with Crippen molar-refractivity contribution < 1.29 is 27.5 Å². The predicted molar refractivity (Wildman–Crippen MR) is 102 cm³/mol. The van der Waals surface area contributed by atoms with Crippen LogP contribution in [0.25, 0.3) is 0 Å². The third kappa shape index (κ3) is 4.09. The zero-order chi connectivity index (χ0) is 20.8.